The van der Waals surface area contributed by atoms with Gasteiger partial charge >= 0.3 is 0 Å². The third-order valence-corrected chi connectivity index (χ3v) is 5.90. The SMILES string of the molecule is CC1CCCC(CN)(C(O)c2csc3ccccc23)C1. The van der Waals surface area contributed by atoms with Gasteiger partial charge < -0.3 is 10.8 Å². The van der Waals surface area contributed by atoms with Gasteiger partial charge in [-0.1, -0.05) is 38.0 Å². The number of thiophene rings is 1. The van der Waals surface area contributed by atoms with Crippen molar-refractivity contribution in [3.63, 3.8) is 0 Å². The summed E-state index contributed by atoms with van der Waals surface area (Å²) in [6.45, 7) is 2.85. The Balaban J connectivity index is 1.99. The number of nitrogens with two attached hydrogens (primary N) is 1. The fraction of sp³-hybridized carbons (Fsp3) is 0.529. The minimum Gasteiger partial charge on any atom is -0.388 e. The minimum absolute atomic E-state index is 0.137. The summed E-state index contributed by atoms with van der Waals surface area (Å²) in [5.74, 6) is 0.659. The lowest BCUT2D eigenvalue weighted by Gasteiger charge is -2.42. The third-order valence-electron chi connectivity index (χ3n) is 4.92. The minimum atomic E-state index is -0.439. The normalized spacial score (nSPS) is 28.6. The van der Waals surface area contributed by atoms with E-state index in [1.807, 2.05) is 6.07 Å². The molecule has 0 radical (unpaired) electrons. The van der Waals surface area contributed by atoms with Gasteiger partial charge in [0.1, 0.15) is 0 Å². The van der Waals surface area contributed by atoms with Crippen molar-refractivity contribution in [3.05, 3.63) is 35.2 Å². The van der Waals surface area contributed by atoms with Crippen molar-refractivity contribution in [2.24, 2.45) is 17.1 Å². The molecule has 108 valence electrons. The van der Waals surface area contributed by atoms with E-state index in [-0.39, 0.29) is 5.41 Å². The summed E-state index contributed by atoms with van der Waals surface area (Å²) < 4.78 is 1.25. The first-order valence-electron chi connectivity index (χ1n) is 7.50. The van der Waals surface area contributed by atoms with Crippen LogP contribution in [0.4, 0.5) is 0 Å². The Morgan fingerprint density at radius 2 is 2.25 bits per heavy atom. The maximum atomic E-state index is 11.0. The average Bonchev–Trinajstić information content (AvgIpc) is 2.90. The summed E-state index contributed by atoms with van der Waals surface area (Å²) in [4.78, 5) is 0. The molecule has 3 N–H and O–H groups in total. The van der Waals surface area contributed by atoms with E-state index < -0.39 is 6.10 Å². The molecule has 20 heavy (non-hydrogen) atoms. The highest BCUT2D eigenvalue weighted by atomic mass is 32.1. The zero-order valence-electron chi connectivity index (χ0n) is 12.0. The highest BCUT2D eigenvalue weighted by Gasteiger charge is 2.41. The first kappa shape index (κ1) is 14.1. The van der Waals surface area contributed by atoms with Crippen molar-refractivity contribution >= 4 is 21.4 Å². The smallest absolute Gasteiger partial charge is 0.0872 e. The second-order valence-corrected chi connectivity index (χ2v) is 7.27. The Kier molecular flexibility index (Phi) is 3.85. The summed E-state index contributed by atoms with van der Waals surface area (Å²) in [6.07, 6.45) is 4.08. The highest BCUT2D eigenvalue weighted by Crippen LogP contribution is 2.49. The predicted octanol–water partition coefficient (Wildman–Crippen LogP) is 4.09. The van der Waals surface area contributed by atoms with E-state index in [1.165, 1.54) is 22.9 Å². The van der Waals surface area contributed by atoms with Crippen molar-refractivity contribution in [2.45, 2.75) is 38.7 Å². The standard InChI is InChI=1S/C17H23NOS/c1-12-5-4-8-17(9-12,11-18)16(19)14-10-20-15-7-3-2-6-13(14)15/h2-3,6-7,10,12,16,19H,4-5,8-9,11,18H2,1H3. The van der Waals surface area contributed by atoms with Crippen LogP contribution in [-0.4, -0.2) is 11.7 Å². The molecule has 0 bridgehead atoms. The molecule has 0 saturated heterocycles. The van der Waals surface area contributed by atoms with Crippen LogP contribution in [0, 0.1) is 11.3 Å². The van der Waals surface area contributed by atoms with Crippen LogP contribution in [0.5, 0.6) is 0 Å². The topological polar surface area (TPSA) is 46.2 Å². The zero-order valence-corrected chi connectivity index (χ0v) is 12.8. The number of fused-ring (bicyclic) bond motifs is 1. The Morgan fingerprint density at radius 1 is 1.45 bits per heavy atom. The van der Waals surface area contributed by atoms with Gasteiger partial charge in [0.25, 0.3) is 0 Å². The Hall–Kier alpha value is -0.900. The van der Waals surface area contributed by atoms with E-state index in [2.05, 4.69) is 30.5 Å². The second kappa shape index (κ2) is 5.47. The number of aliphatic hydroxyl groups is 1. The van der Waals surface area contributed by atoms with Crippen LogP contribution in [0.2, 0.25) is 0 Å². The summed E-state index contributed by atoms with van der Waals surface area (Å²) in [7, 11) is 0. The van der Waals surface area contributed by atoms with Gasteiger partial charge in [0.15, 0.2) is 0 Å². The summed E-state index contributed by atoms with van der Waals surface area (Å²) in [6, 6.07) is 8.33. The van der Waals surface area contributed by atoms with Crippen LogP contribution in [0.1, 0.15) is 44.3 Å². The molecule has 1 fully saturated rings. The molecule has 0 amide bonds. The Bertz CT molecular complexity index is 593. The molecule has 1 aromatic heterocycles. The molecule has 0 spiro atoms. The fourth-order valence-corrected chi connectivity index (χ4v) is 4.77. The first-order chi connectivity index (χ1) is 9.66. The fourth-order valence-electron chi connectivity index (χ4n) is 3.79. The zero-order chi connectivity index (χ0) is 14.2. The van der Waals surface area contributed by atoms with E-state index in [4.69, 9.17) is 5.73 Å². The summed E-state index contributed by atoms with van der Waals surface area (Å²) in [5.41, 5.74) is 7.03. The largest absolute Gasteiger partial charge is 0.388 e. The molecule has 3 rings (SSSR count). The highest BCUT2D eigenvalue weighted by molar-refractivity contribution is 7.17. The Morgan fingerprint density at radius 3 is 3.00 bits per heavy atom. The van der Waals surface area contributed by atoms with Gasteiger partial charge in [0.05, 0.1) is 6.10 Å². The molecular formula is C17H23NOS. The van der Waals surface area contributed by atoms with Gasteiger partial charge in [-0.05, 0) is 41.2 Å². The van der Waals surface area contributed by atoms with Gasteiger partial charge in [0, 0.05) is 16.7 Å². The molecule has 1 aromatic carbocycles. The maximum absolute atomic E-state index is 11.0. The average molecular weight is 289 g/mol. The molecule has 1 aliphatic carbocycles. The van der Waals surface area contributed by atoms with Gasteiger partial charge in [-0.2, -0.15) is 0 Å². The molecule has 3 atom stereocenters. The molecule has 3 unspecified atom stereocenters. The molecular weight excluding hydrogens is 266 g/mol. The van der Waals surface area contributed by atoms with Crippen molar-refractivity contribution in [2.75, 3.05) is 6.54 Å². The van der Waals surface area contributed by atoms with Crippen LogP contribution in [0.25, 0.3) is 10.1 Å². The van der Waals surface area contributed by atoms with Crippen LogP contribution in [0.3, 0.4) is 0 Å². The van der Waals surface area contributed by atoms with Crippen molar-refractivity contribution in [1.82, 2.24) is 0 Å². The Labute approximate surface area is 124 Å². The second-order valence-electron chi connectivity index (χ2n) is 6.36. The molecule has 1 aliphatic rings. The van der Waals surface area contributed by atoms with Gasteiger partial charge in [-0.3, -0.25) is 0 Å². The van der Waals surface area contributed by atoms with Gasteiger partial charge in [-0.25, -0.2) is 0 Å². The number of rotatable bonds is 3. The molecule has 2 aromatic rings. The van der Waals surface area contributed by atoms with Crippen LogP contribution in [0.15, 0.2) is 29.6 Å². The number of hydrogen-bond donors (Lipinski definition) is 2. The van der Waals surface area contributed by atoms with Crippen molar-refractivity contribution in [3.8, 4) is 0 Å². The third kappa shape index (κ3) is 2.28. The molecule has 1 heterocycles. The molecule has 1 saturated carbocycles. The lowest BCUT2D eigenvalue weighted by atomic mass is 9.65. The summed E-state index contributed by atoms with van der Waals surface area (Å²) in [5, 5.41) is 14.3. The van der Waals surface area contributed by atoms with E-state index in [0.717, 1.165) is 18.4 Å². The van der Waals surface area contributed by atoms with E-state index in [9.17, 15) is 5.11 Å². The number of aliphatic hydroxyl groups excluding tert-OH is 1. The van der Waals surface area contributed by atoms with Gasteiger partial charge in [0.2, 0.25) is 0 Å². The van der Waals surface area contributed by atoms with Crippen molar-refractivity contribution in [1.29, 1.82) is 0 Å². The van der Waals surface area contributed by atoms with E-state index in [1.54, 1.807) is 11.3 Å². The van der Waals surface area contributed by atoms with Crippen LogP contribution < -0.4 is 5.73 Å². The molecule has 0 aliphatic heterocycles. The summed E-state index contributed by atoms with van der Waals surface area (Å²) >= 11 is 1.72. The van der Waals surface area contributed by atoms with E-state index in [0.29, 0.717) is 12.5 Å². The van der Waals surface area contributed by atoms with E-state index >= 15 is 0 Å². The van der Waals surface area contributed by atoms with Gasteiger partial charge in [-0.15, -0.1) is 11.3 Å². The van der Waals surface area contributed by atoms with Crippen molar-refractivity contribution < 1.29 is 5.11 Å². The monoisotopic (exact) mass is 289 g/mol. The number of benzene rings is 1. The number of hydrogen-bond acceptors (Lipinski definition) is 3. The lowest BCUT2D eigenvalue weighted by Crippen LogP contribution is -2.40. The molecule has 2 nitrogen and oxygen atoms in total. The van der Waals surface area contributed by atoms with Crippen LogP contribution in [-0.2, 0) is 0 Å². The van der Waals surface area contributed by atoms with Crippen LogP contribution >= 0.6 is 11.3 Å². The predicted molar refractivity (Wildman–Crippen MR) is 85.9 cm³/mol. The molecule has 3 heteroatoms. The maximum Gasteiger partial charge on any atom is 0.0872 e. The quantitative estimate of drug-likeness (QED) is 0.894. The lowest BCUT2D eigenvalue weighted by molar-refractivity contribution is -0.0119. The first-order valence-corrected chi connectivity index (χ1v) is 8.38.